The van der Waals surface area contributed by atoms with Crippen LogP contribution in [0.2, 0.25) is 0 Å². The van der Waals surface area contributed by atoms with Crippen molar-refractivity contribution in [3.63, 3.8) is 0 Å². The van der Waals surface area contributed by atoms with E-state index in [-0.39, 0.29) is 12.5 Å². The smallest absolute Gasteiger partial charge is 0.340 e. The summed E-state index contributed by atoms with van der Waals surface area (Å²) in [5.74, 6) is 1.29. The number of aryl methyl sites for hydroxylation is 1. The standard InChI is InChI=1S/C32H47FN2O3/c1-3-5-7-8-9-10-11-12-26-22-34-31(35-23-26)27-16-20-28(21-17-27)37-24-25-14-18-29(19-15-25)38-32(36)30(33)13-6-4-2/h16-17,20-23,25,29-30H,3-15,18-19,24H2,1-2H3/t25-,29-,30-/m1/s1. The minimum atomic E-state index is -1.49. The van der Waals surface area contributed by atoms with E-state index in [0.29, 0.717) is 18.9 Å². The van der Waals surface area contributed by atoms with Gasteiger partial charge in [0.15, 0.2) is 12.0 Å². The molecule has 6 heteroatoms. The van der Waals surface area contributed by atoms with Crippen LogP contribution < -0.4 is 4.74 Å². The van der Waals surface area contributed by atoms with Crippen molar-refractivity contribution in [3.8, 4) is 17.1 Å². The van der Waals surface area contributed by atoms with Crippen LogP contribution in [0.15, 0.2) is 36.7 Å². The van der Waals surface area contributed by atoms with Gasteiger partial charge in [0.2, 0.25) is 0 Å². The van der Waals surface area contributed by atoms with E-state index in [2.05, 4.69) is 16.9 Å². The summed E-state index contributed by atoms with van der Waals surface area (Å²) in [7, 11) is 0. The molecule has 1 aliphatic carbocycles. The molecule has 0 radical (unpaired) electrons. The largest absolute Gasteiger partial charge is 0.493 e. The molecule has 1 heterocycles. The van der Waals surface area contributed by atoms with E-state index in [1.807, 2.05) is 43.6 Å². The second-order valence-corrected chi connectivity index (χ2v) is 10.8. The van der Waals surface area contributed by atoms with Gasteiger partial charge in [-0.25, -0.2) is 19.2 Å². The summed E-state index contributed by atoms with van der Waals surface area (Å²) in [6.07, 6.45) is 17.7. The first-order valence-corrected chi connectivity index (χ1v) is 15.0. The van der Waals surface area contributed by atoms with Gasteiger partial charge in [-0.2, -0.15) is 0 Å². The molecule has 210 valence electrons. The van der Waals surface area contributed by atoms with Crippen LogP contribution in [0.3, 0.4) is 0 Å². The summed E-state index contributed by atoms with van der Waals surface area (Å²) in [6, 6.07) is 7.94. The van der Waals surface area contributed by atoms with Crippen LogP contribution in [0.25, 0.3) is 11.4 Å². The van der Waals surface area contributed by atoms with Crippen LogP contribution in [-0.2, 0) is 16.0 Å². The molecule has 1 aliphatic rings. The number of halogens is 1. The fourth-order valence-electron chi connectivity index (χ4n) is 4.99. The number of hydrogen-bond donors (Lipinski definition) is 0. The average Bonchev–Trinajstić information content (AvgIpc) is 2.95. The number of ether oxygens (including phenoxy) is 2. The molecule has 0 unspecified atom stereocenters. The van der Waals surface area contributed by atoms with E-state index >= 15 is 0 Å². The van der Waals surface area contributed by atoms with Crippen LogP contribution in [0.1, 0.15) is 109 Å². The maximum atomic E-state index is 13.9. The fourth-order valence-corrected chi connectivity index (χ4v) is 4.99. The Morgan fingerprint density at radius 1 is 0.895 bits per heavy atom. The molecule has 0 amide bonds. The molecule has 0 bridgehead atoms. The summed E-state index contributed by atoms with van der Waals surface area (Å²) in [5.41, 5.74) is 2.18. The third-order valence-corrected chi connectivity index (χ3v) is 7.52. The van der Waals surface area contributed by atoms with Gasteiger partial charge in [0, 0.05) is 18.0 Å². The van der Waals surface area contributed by atoms with Gasteiger partial charge in [-0.3, -0.25) is 0 Å². The zero-order chi connectivity index (χ0) is 27.0. The van der Waals surface area contributed by atoms with Gasteiger partial charge in [-0.1, -0.05) is 65.2 Å². The first-order chi connectivity index (χ1) is 18.6. The Morgan fingerprint density at radius 3 is 2.18 bits per heavy atom. The van der Waals surface area contributed by atoms with Gasteiger partial charge in [-0.15, -0.1) is 0 Å². The average molecular weight is 527 g/mol. The third kappa shape index (κ3) is 10.7. The second-order valence-electron chi connectivity index (χ2n) is 10.8. The quantitative estimate of drug-likeness (QED) is 0.153. The van der Waals surface area contributed by atoms with Crippen molar-refractivity contribution >= 4 is 5.97 Å². The number of rotatable bonds is 17. The first-order valence-electron chi connectivity index (χ1n) is 15.0. The van der Waals surface area contributed by atoms with Crippen LogP contribution in [0.5, 0.6) is 5.75 Å². The third-order valence-electron chi connectivity index (χ3n) is 7.52. The molecule has 0 aliphatic heterocycles. The van der Waals surface area contributed by atoms with Crippen molar-refractivity contribution in [2.75, 3.05) is 6.61 Å². The lowest BCUT2D eigenvalue weighted by Crippen LogP contribution is -2.30. The number of esters is 1. The zero-order valence-electron chi connectivity index (χ0n) is 23.5. The summed E-state index contributed by atoms with van der Waals surface area (Å²) in [5, 5.41) is 0. The molecule has 1 atom stereocenters. The number of benzene rings is 1. The van der Waals surface area contributed by atoms with Crippen LogP contribution in [0, 0.1) is 5.92 Å². The predicted octanol–water partition coefficient (Wildman–Crippen LogP) is 8.45. The summed E-state index contributed by atoms with van der Waals surface area (Å²) in [6.45, 7) is 4.87. The van der Waals surface area contributed by atoms with E-state index in [9.17, 15) is 9.18 Å². The van der Waals surface area contributed by atoms with Crippen molar-refractivity contribution in [2.24, 2.45) is 5.92 Å². The monoisotopic (exact) mass is 526 g/mol. The highest BCUT2D eigenvalue weighted by molar-refractivity contribution is 5.74. The van der Waals surface area contributed by atoms with E-state index < -0.39 is 12.1 Å². The van der Waals surface area contributed by atoms with E-state index in [0.717, 1.165) is 55.7 Å². The van der Waals surface area contributed by atoms with Gasteiger partial charge >= 0.3 is 5.97 Å². The van der Waals surface area contributed by atoms with E-state index in [4.69, 9.17) is 9.47 Å². The predicted molar refractivity (Wildman–Crippen MR) is 151 cm³/mol. The van der Waals surface area contributed by atoms with Gasteiger partial charge in [0.25, 0.3) is 0 Å². The van der Waals surface area contributed by atoms with Crippen molar-refractivity contribution < 1.29 is 18.7 Å². The molecule has 38 heavy (non-hydrogen) atoms. The molecule has 1 aromatic heterocycles. The minimum Gasteiger partial charge on any atom is -0.493 e. The summed E-state index contributed by atoms with van der Waals surface area (Å²) >= 11 is 0. The Labute approximate surface area is 229 Å². The van der Waals surface area contributed by atoms with E-state index in [1.165, 1.54) is 50.5 Å². The number of hydrogen-bond acceptors (Lipinski definition) is 5. The highest BCUT2D eigenvalue weighted by Crippen LogP contribution is 2.28. The van der Waals surface area contributed by atoms with Gasteiger partial charge in [0.05, 0.1) is 6.61 Å². The molecule has 0 saturated heterocycles. The number of nitrogens with zero attached hydrogens (tertiary/aromatic N) is 2. The first kappa shape index (κ1) is 30.0. The van der Waals surface area contributed by atoms with Gasteiger partial charge in [0.1, 0.15) is 11.9 Å². The number of alkyl halides is 1. The molecule has 1 aromatic carbocycles. The molecule has 0 spiro atoms. The number of carbonyl (C=O) groups excluding carboxylic acids is 1. The maximum Gasteiger partial charge on any atom is 0.340 e. The SMILES string of the molecule is CCCCCCCCCc1cnc(-c2ccc(OC[C@H]3CC[C@H](OC(=O)[C@H](F)CCCC)CC3)cc2)nc1. The highest BCUT2D eigenvalue weighted by atomic mass is 19.1. The van der Waals surface area contributed by atoms with Crippen LogP contribution >= 0.6 is 0 Å². The topological polar surface area (TPSA) is 61.3 Å². The molecule has 2 aromatic rings. The summed E-state index contributed by atoms with van der Waals surface area (Å²) < 4.78 is 25.3. The maximum absolute atomic E-state index is 13.9. The Morgan fingerprint density at radius 2 is 1.53 bits per heavy atom. The lowest BCUT2D eigenvalue weighted by Gasteiger charge is -2.28. The normalized spacial score (nSPS) is 18.2. The summed E-state index contributed by atoms with van der Waals surface area (Å²) in [4.78, 5) is 21.1. The van der Waals surface area contributed by atoms with E-state index in [1.54, 1.807) is 0 Å². The van der Waals surface area contributed by atoms with Crippen molar-refractivity contribution in [3.05, 3.63) is 42.2 Å². The van der Waals surface area contributed by atoms with Crippen LogP contribution in [-0.4, -0.2) is 34.8 Å². The Bertz CT molecular complexity index is 911. The molecule has 3 rings (SSSR count). The van der Waals surface area contributed by atoms with Crippen molar-refractivity contribution in [1.29, 1.82) is 0 Å². The Balaban J connectivity index is 1.33. The molecule has 5 nitrogen and oxygen atoms in total. The molecule has 1 fully saturated rings. The fraction of sp³-hybridized carbons (Fsp3) is 0.656. The minimum absolute atomic E-state index is 0.167. The molecular weight excluding hydrogens is 479 g/mol. The van der Waals surface area contributed by atoms with Crippen molar-refractivity contribution in [1.82, 2.24) is 9.97 Å². The Kier molecular flexibility index (Phi) is 13.6. The molecular formula is C32H47FN2O3. The molecule has 0 N–H and O–H groups in total. The number of aromatic nitrogens is 2. The lowest BCUT2D eigenvalue weighted by atomic mass is 9.88. The van der Waals surface area contributed by atoms with Crippen molar-refractivity contribution in [2.45, 2.75) is 122 Å². The number of unbranched alkanes of at least 4 members (excludes halogenated alkanes) is 7. The van der Waals surface area contributed by atoms with Gasteiger partial charge < -0.3 is 9.47 Å². The second kappa shape index (κ2) is 17.2. The Hall–Kier alpha value is -2.50. The number of carbonyl (C=O) groups is 1. The highest BCUT2D eigenvalue weighted by Gasteiger charge is 2.27. The lowest BCUT2D eigenvalue weighted by molar-refractivity contribution is -0.157. The van der Waals surface area contributed by atoms with Crippen LogP contribution in [0.4, 0.5) is 4.39 Å². The molecule has 1 saturated carbocycles. The zero-order valence-corrected chi connectivity index (χ0v) is 23.5. The van der Waals surface area contributed by atoms with Gasteiger partial charge in [-0.05, 0) is 80.7 Å².